The number of ether oxygens (including phenoxy) is 5. The maximum atomic E-state index is 12.3. The predicted molar refractivity (Wildman–Crippen MR) is 131 cm³/mol. The molecule has 0 saturated carbocycles. The summed E-state index contributed by atoms with van der Waals surface area (Å²) >= 11 is 3.34. The highest BCUT2D eigenvalue weighted by atomic mass is 79.9. The first-order valence-electron chi connectivity index (χ1n) is 10.5. The van der Waals surface area contributed by atoms with Gasteiger partial charge in [-0.25, -0.2) is 4.79 Å². The lowest BCUT2D eigenvalue weighted by atomic mass is 9.83. The van der Waals surface area contributed by atoms with Gasteiger partial charge < -0.3 is 29.4 Å². The lowest BCUT2D eigenvalue weighted by Gasteiger charge is -2.27. The Kier molecular flexibility index (Phi) is 7.13. The molecule has 178 valence electrons. The van der Waals surface area contributed by atoms with Crippen molar-refractivity contribution >= 4 is 21.9 Å². The third-order valence-corrected chi connectivity index (χ3v) is 5.86. The molecule has 0 fully saturated rings. The third-order valence-electron chi connectivity index (χ3n) is 5.33. The highest BCUT2D eigenvalue weighted by Gasteiger charge is 2.31. The predicted octanol–water partition coefficient (Wildman–Crippen LogP) is 4.67. The van der Waals surface area contributed by atoms with Gasteiger partial charge in [-0.1, -0.05) is 28.1 Å². The van der Waals surface area contributed by atoms with Gasteiger partial charge in [-0.3, -0.25) is 0 Å². The summed E-state index contributed by atoms with van der Waals surface area (Å²) < 4.78 is 28.2. The fourth-order valence-electron chi connectivity index (χ4n) is 3.71. The van der Waals surface area contributed by atoms with Gasteiger partial charge in [0.25, 0.3) is 0 Å². The van der Waals surface area contributed by atoms with E-state index in [9.17, 15) is 10.1 Å². The average Bonchev–Trinajstić information content (AvgIpc) is 2.87. The van der Waals surface area contributed by atoms with Crippen LogP contribution in [0.4, 0.5) is 0 Å². The minimum Gasteiger partial charge on any atom is -0.493 e. The molecule has 1 aliphatic rings. The van der Waals surface area contributed by atoms with Crippen LogP contribution in [0.15, 0.2) is 76.6 Å². The standard InChI is InChI=1S/C26H21BrN2O6/c1-31-21-10-3-15(11-23(21)32-2)25-19-9-8-18(12-22(19)35-26(29)20(25)13-28)34-24(30)14-33-17-6-4-16(27)5-7-17/h3-12,25H,14,29H2,1-2H3. The molecule has 0 saturated heterocycles. The van der Waals surface area contributed by atoms with Crippen molar-refractivity contribution < 1.29 is 28.5 Å². The van der Waals surface area contributed by atoms with Crippen molar-refractivity contribution in [3.8, 4) is 34.8 Å². The summed E-state index contributed by atoms with van der Waals surface area (Å²) in [6, 6.07) is 19.5. The van der Waals surface area contributed by atoms with Crippen molar-refractivity contribution in [2.45, 2.75) is 5.92 Å². The third kappa shape index (κ3) is 5.18. The number of halogens is 1. The van der Waals surface area contributed by atoms with E-state index in [2.05, 4.69) is 22.0 Å². The van der Waals surface area contributed by atoms with Gasteiger partial charge in [-0.05, 0) is 48.0 Å². The normalized spacial score (nSPS) is 14.3. The molecule has 0 radical (unpaired) electrons. The Morgan fingerprint density at radius 3 is 2.43 bits per heavy atom. The van der Waals surface area contributed by atoms with Gasteiger partial charge in [-0.15, -0.1) is 0 Å². The summed E-state index contributed by atoms with van der Waals surface area (Å²) in [5.41, 5.74) is 7.79. The van der Waals surface area contributed by atoms with Crippen molar-refractivity contribution in [1.29, 1.82) is 5.26 Å². The van der Waals surface area contributed by atoms with Gasteiger partial charge in [0.1, 0.15) is 28.9 Å². The summed E-state index contributed by atoms with van der Waals surface area (Å²) in [5, 5.41) is 9.78. The number of carbonyl (C=O) groups excluding carboxylic acids is 1. The van der Waals surface area contributed by atoms with Gasteiger partial charge in [-0.2, -0.15) is 5.26 Å². The molecule has 8 nitrogen and oxygen atoms in total. The molecular formula is C26H21BrN2O6. The number of nitriles is 1. The Labute approximate surface area is 210 Å². The van der Waals surface area contributed by atoms with E-state index < -0.39 is 11.9 Å². The Bertz CT molecular complexity index is 1330. The lowest BCUT2D eigenvalue weighted by Crippen LogP contribution is -2.21. The minimum absolute atomic E-state index is 0.0261. The fraction of sp³-hybridized carbons (Fsp3) is 0.154. The van der Waals surface area contributed by atoms with Gasteiger partial charge >= 0.3 is 5.97 Å². The molecule has 0 bridgehead atoms. The average molecular weight is 537 g/mol. The van der Waals surface area contributed by atoms with Crippen molar-refractivity contribution in [3.63, 3.8) is 0 Å². The second-order valence-electron chi connectivity index (χ2n) is 7.46. The zero-order valence-corrected chi connectivity index (χ0v) is 20.5. The molecule has 0 amide bonds. The Balaban J connectivity index is 1.57. The number of rotatable bonds is 7. The van der Waals surface area contributed by atoms with Crippen molar-refractivity contribution in [2.24, 2.45) is 5.73 Å². The van der Waals surface area contributed by atoms with E-state index in [-0.39, 0.29) is 23.8 Å². The van der Waals surface area contributed by atoms with Gasteiger partial charge in [0.15, 0.2) is 18.1 Å². The lowest BCUT2D eigenvalue weighted by molar-refractivity contribution is -0.136. The molecule has 2 N–H and O–H groups in total. The number of hydrogen-bond acceptors (Lipinski definition) is 8. The molecule has 1 heterocycles. The van der Waals surface area contributed by atoms with E-state index in [1.54, 1.807) is 49.6 Å². The first-order chi connectivity index (χ1) is 16.9. The number of hydrogen-bond donors (Lipinski definition) is 1. The first-order valence-corrected chi connectivity index (χ1v) is 11.2. The molecule has 3 aromatic carbocycles. The number of esters is 1. The summed E-state index contributed by atoms with van der Waals surface area (Å²) in [4.78, 5) is 12.3. The van der Waals surface area contributed by atoms with Crippen molar-refractivity contribution in [3.05, 3.63) is 87.7 Å². The highest BCUT2D eigenvalue weighted by Crippen LogP contribution is 2.45. The highest BCUT2D eigenvalue weighted by molar-refractivity contribution is 9.10. The topological polar surface area (TPSA) is 113 Å². The van der Waals surface area contributed by atoms with Crippen LogP contribution < -0.4 is 29.4 Å². The molecule has 0 spiro atoms. The quantitative estimate of drug-likeness (QED) is 0.342. The van der Waals surface area contributed by atoms with E-state index in [4.69, 9.17) is 29.4 Å². The number of allylic oxidation sites excluding steroid dienone is 1. The van der Waals surface area contributed by atoms with E-state index in [0.29, 0.717) is 28.6 Å². The summed E-state index contributed by atoms with van der Waals surface area (Å²) in [6.45, 7) is -0.269. The second kappa shape index (κ2) is 10.4. The smallest absolute Gasteiger partial charge is 0.349 e. The molecule has 35 heavy (non-hydrogen) atoms. The molecule has 1 atom stereocenters. The zero-order valence-electron chi connectivity index (χ0n) is 18.9. The molecule has 0 aliphatic carbocycles. The van der Waals surface area contributed by atoms with Crippen LogP contribution in [0.5, 0.6) is 28.7 Å². The fourth-order valence-corrected chi connectivity index (χ4v) is 3.97. The zero-order chi connectivity index (χ0) is 24.9. The van der Waals surface area contributed by atoms with Crippen LogP contribution in [0, 0.1) is 11.3 Å². The monoisotopic (exact) mass is 536 g/mol. The molecule has 0 aromatic heterocycles. The van der Waals surface area contributed by atoms with Crippen LogP contribution in [0.1, 0.15) is 17.0 Å². The summed E-state index contributed by atoms with van der Waals surface area (Å²) in [6.07, 6.45) is 0. The van der Waals surface area contributed by atoms with Crippen LogP contribution in [0.25, 0.3) is 0 Å². The molecule has 3 aromatic rings. The Morgan fingerprint density at radius 1 is 1.03 bits per heavy atom. The molecular weight excluding hydrogens is 516 g/mol. The molecule has 9 heteroatoms. The van der Waals surface area contributed by atoms with Crippen molar-refractivity contribution in [1.82, 2.24) is 0 Å². The number of benzene rings is 3. The number of fused-ring (bicyclic) bond motifs is 1. The molecule has 4 rings (SSSR count). The van der Waals surface area contributed by atoms with Gasteiger partial charge in [0.05, 0.1) is 20.1 Å². The van der Waals surface area contributed by atoms with E-state index in [1.165, 1.54) is 7.11 Å². The largest absolute Gasteiger partial charge is 0.493 e. The van der Waals surface area contributed by atoms with Gasteiger partial charge in [0.2, 0.25) is 5.88 Å². The molecule has 1 aliphatic heterocycles. The SMILES string of the molecule is COc1ccc(C2C(C#N)=C(N)Oc3cc(OC(=O)COc4ccc(Br)cc4)ccc32)cc1OC. The number of methoxy groups -OCH3 is 2. The number of carbonyl (C=O) groups is 1. The van der Waals surface area contributed by atoms with Crippen molar-refractivity contribution in [2.75, 3.05) is 20.8 Å². The van der Waals surface area contributed by atoms with Crippen LogP contribution in [-0.4, -0.2) is 26.8 Å². The van der Waals surface area contributed by atoms with E-state index in [1.807, 2.05) is 18.2 Å². The summed E-state index contributed by atoms with van der Waals surface area (Å²) in [5.74, 6) is 1.14. The van der Waals surface area contributed by atoms with E-state index >= 15 is 0 Å². The maximum Gasteiger partial charge on any atom is 0.349 e. The second-order valence-corrected chi connectivity index (χ2v) is 8.37. The van der Waals surface area contributed by atoms with Crippen LogP contribution in [0.3, 0.4) is 0 Å². The first kappa shape index (κ1) is 24.0. The Morgan fingerprint density at radius 2 is 1.74 bits per heavy atom. The number of nitrogens with zero attached hydrogens (tertiary/aromatic N) is 1. The Hall–Kier alpha value is -4.16. The van der Waals surface area contributed by atoms with E-state index in [0.717, 1.165) is 10.0 Å². The van der Waals surface area contributed by atoms with Gasteiger partial charge in [0, 0.05) is 16.1 Å². The summed E-state index contributed by atoms with van der Waals surface area (Å²) in [7, 11) is 3.09. The van der Waals surface area contributed by atoms with Crippen LogP contribution in [0.2, 0.25) is 0 Å². The molecule has 1 unspecified atom stereocenters. The number of nitrogens with two attached hydrogens (primary N) is 1. The minimum atomic E-state index is -0.582. The van der Waals surface area contributed by atoms with Crippen LogP contribution in [-0.2, 0) is 4.79 Å². The van der Waals surface area contributed by atoms with Crippen LogP contribution >= 0.6 is 15.9 Å². The maximum absolute atomic E-state index is 12.3.